The minimum absolute atomic E-state index is 0.0371. The number of benzene rings is 1. The van der Waals surface area contributed by atoms with Crippen molar-refractivity contribution in [2.24, 2.45) is 0 Å². The summed E-state index contributed by atoms with van der Waals surface area (Å²) in [6.45, 7) is 2.66. The molecule has 0 unspecified atom stereocenters. The van der Waals surface area contributed by atoms with E-state index in [1.165, 1.54) is 17.7 Å². The number of rotatable bonds is 3. The number of hydrogen-bond acceptors (Lipinski definition) is 2. The third-order valence-electron chi connectivity index (χ3n) is 4.22. The summed E-state index contributed by atoms with van der Waals surface area (Å²) in [5, 5.41) is 2.94. The predicted molar refractivity (Wildman–Crippen MR) is 82.9 cm³/mol. The van der Waals surface area contributed by atoms with Crippen LogP contribution in [-0.4, -0.2) is 43.3 Å². The van der Waals surface area contributed by atoms with Gasteiger partial charge in [-0.15, -0.1) is 0 Å². The van der Waals surface area contributed by atoms with E-state index in [1.807, 2.05) is 6.08 Å². The molecule has 0 bridgehead atoms. The summed E-state index contributed by atoms with van der Waals surface area (Å²) >= 11 is 0. The van der Waals surface area contributed by atoms with Crippen LogP contribution >= 0.6 is 0 Å². The van der Waals surface area contributed by atoms with Crippen molar-refractivity contribution in [3.05, 3.63) is 41.7 Å². The van der Waals surface area contributed by atoms with E-state index in [1.54, 1.807) is 17.0 Å². The second-order valence-electron chi connectivity index (χ2n) is 5.75. The number of amides is 2. The maximum atomic E-state index is 12.9. The maximum Gasteiger partial charge on any atom is 0.317 e. The average Bonchev–Trinajstić information content (AvgIpc) is 3.07. The topological polar surface area (TPSA) is 41.6 Å². The van der Waals surface area contributed by atoms with Crippen LogP contribution in [0.5, 0.6) is 0 Å². The van der Waals surface area contributed by atoms with Gasteiger partial charge in [0.05, 0.1) is 6.10 Å². The van der Waals surface area contributed by atoms with Gasteiger partial charge in [0.1, 0.15) is 5.82 Å². The van der Waals surface area contributed by atoms with Crippen molar-refractivity contribution < 1.29 is 13.9 Å². The molecule has 1 aromatic rings. The van der Waals surface area contributed by atoms with Gasteiger partial charge in [-0.25, -0.2) is 9.18 Å². The van der Waals surface area contributed by atoms with E-state index in [-0.39, 0.29) is 18.0 Å². The zero-order valence-corrected chi connectivity index (χ0v) is 12.6. The Balaban J connectivity index is 1.51. The Morgan fingerprint density at radius 1 is 1.36 bits per heavy atom. The Morgan fingerprint density at radius 3 is 2.82 bits per heavy atom. The number of hydrogen-bond donors (Lipinski definition) is 1. The zero-order valence-electron chi connectivity index (χ0n) is 12.6. The number of urea groups is 1. The van der Waals surface area contributed by atoms with Crippen LogP contribution in [0.3, 0.4) is 0 Å². The second kappa shape index (κ2) is 6.92. The number of ether oxygens (including phenoxy) is 1. The summed E-state index contributed by atoms with van der Waals surface area (Å²) in [6.07, 6.45) is 5.10. The Morgan fingerprint density at radius 2 is 2.18 bits per heavy atom. The molecular formula is C17H21FN2O2. The monoisotopic (exact) mass is 304 g/mol. The van der Waals surface area contributed by atoms with Crippen LogP contribution in [0.15, 0.2) is 30.3 Å². The molecule has 1 fully saturated rings. The lowest BCUT2D eigenvalue weighted by atomic mass is 10.00. The highest BCUT2D eigenvalue weighted by Crippen LogP contribution is 2.22. The molecule has 0 saturated carbocycles. The molecule has 0 aliphatic carbocycles. The fourth-order valence-electron chi connectivity index (χ4n) is 2.90. The molecule has 22 heavy (non-hydrogen) atoms. The van der Waals surface area contributed by atoms with Gasteiger partial charge in [-0.2, -0.15) is 0 Å². The van der Waals surface area contributed by atoms with E-state index in [0.717, 1.165) is 31.4 Å². The van der Waals surface area contributed by atoms with E-state index < -0.39 is 0 Å². The van der Waals surface area contributed by atoms with Crippen molar-refractivity contribution in [3.63, 3.8) is 0 Å². The third kappa shape index (κ3) is 3.65. The quantitative estimate of drug-likeness (QED) is 0.933. The molecule has 5 heteroatoms. The van der Waals surface area contributed by atoms with Gasteiger partial charge in [0, 0.05) is 26.2 Å². The zero-order chi connectivity index (χ0) is 15.4. The Labute approximate surface area is 129 Å². The minimum Gasteiger partial charge on any atom is -0.376 e. The maximum absolute atomic E-state index is 12.9. The molecule has 0 radical (unpaired) electrons. The molecule has 0 aromatic heterocycles. The highest BCUT2D eigenvalue weighted by atomic mass is 19.1. The van der Waals surface area contributed by atoms with Gasteiger partial charge in [0.2, 0.25) is 0 Å². The van der Waals surface area contributed by atoms with Gasteiger partial charge < -0.3 is 15.0 Å². The van der Waals surface area contributed by atoms with E-state index >= 15 is 0 Å². The van der Waals surface area contributed by atoms with Gasteiger partial charge in [0.25, 0.3) is 0 Å². The highest BCUT2D eigenvalue weighted by Gasteiger charge is 2.20. The molecule has 2 aliphatic heterocycles. The van der Waals surface area contributed by atoms with Gasteiger partial charge in [-0.3, -0.25) is 0 Å². The second-order valence-corrected chi connectivity index (χ2v) is 5.75. The Bertz CT molecular complexity index is 550. The molecule has 118 valence electrons. The summed E-state index contributed by atoms with van der Waals surface area (Å²) < 4.78 is 18.4. The Kier molecular flexibility index (Phi) is 4.73. The third-order valence-corrected chi connectivity index (χ3v) is 4.22. The van der Waals surface area contributed by atoms with Crippen molar-refractivity contribution in [1.82, 2.24) is 10.2 Å². The fourth-order valence-corrected chi connectivity index (χ4v) is 2.90. The van der Waals surface area contributed by atoms with Crippen LogP contribution in [0.1, 0.15) is 24.8 Å². The lowest BCUT2D eigenvalue weighted by Crippen LogP contribution is -2.44. The summed E-state index contributed by atoms with van der Waals surface area (Å²) in [5.74, 6) is -0.227. The standard InChI is InChI=1S/C17H21FN2O2/c18-15-5-3-13(4-6-15)14-7-9-20(10-8-14)17(21)19-12-16-2-1-11-22-16/h3-7,16H,1-2,8-12H2,(H,19,21)/t16-/m1/s1. The van der Waals surface area contributed by atoms with Crippen molar-refractivity contribution in [2.45, 2.75) is 25.4 Å². The lowest BCUT2D eigenvalue weighted by Gasteiger charge is -2.27. The molecule has 0 spiro atoms. The Hall–Kier alpha value is -1.88. The summed E-state index contributed by atoms with van der Waals surface area (Å²) in [7, 11) is 0. The number of halogens is 1. The van der Waals surface area contributed by atoms with E-state index in [2.05, 4.69) is 5.32 Å². The van der Waals surface area contributed by atoms with Crippen molar-refractivity contribution >= 4 is 11.6 Å². The minimum atomic E-state index is -0.227. The molecular weight excluding hydrogens is 283 g/mol. The molecule has 3 rings (SSSR count). The van der Waals surface area contributed by atoms with Crippen LogP contribution in [0.2, 0.25) is 0 Å². The van der Waals surface area contributed by atoms with Crippen molar-refractivity contribution in [2.75, 3.05) is 26.2 Å². The number of carbonyl (C=O) groups is 1. The average molecular weight is 304 g/mol. The van der Waals surface area contributed by atoms with Crippen LogP contribution in [-0.2, 0) is 4.74 Å². The fraction of sp³-hybridized carbons (Fsp3) is 0.471. The van der Waals surface area contributed by atoms with Gasteiger partial charge in [-0.05, 0) is 42.5 Å². The molecule has 2 amide bonds. The van der Waals surface area contributed by atoms with Crippen molar-refractivity contribution in [3.8, 4) is 0 Å². The highest BCUT2D eigenvalue weighted by molar-refractivity contribution is 5.76. The molecule has 4 nitrogen and oxygen atoms in total. The first-order valence-electron chi connectivity index (χ1n) is 7.82. The van der Waals surface area contributed by atoms with E-state index in [0.29, 0.717) is 19.6 Å². The van der Waals surface area contributed by atoms with E-state index in [9.17, 15) is 9.18 Å². The van der Waals surface area contributed by atoms with Crippen LogP contribution in [0, 0.1) is 5.82 Å². The first-order chi connectivity index (χ1) is 10.7. The van der Waals surface area contributed by atoms with E-state index in [4.69, 9.17) is 4.74 Å². The molecule has 1 aromatic carbocycles. The molecule has 1 saturated heterocycles. The lowest BCUT2D eigenvalue weighted by molar-refractivity contribution is 0.109. The van der Waals surface area contributed by atoms with Gasteiger partial charge in [-0.1, -0.05) is 18.2 Å². The number of carbonyl (C=O) groups excluding carboxylic acids is 1. The normalized spacial score (nSPS) is 21.6. The largest absolute Gasteiger partial charge is 0.376 e. The first-order valence-corrected chi connectivity index (χ1v) is 7.82. The number of nitrogens with one attached hydrogen (secondary N) is 1. The van der Waals surface area contributed by atoms with Gasteiger partial charge >= 0.3 is 6.03 Å². The van der Waals surface area contributed by atoms with Crippen LogP contribution in [0.4, 0.5) is 9.18 Å². The molecule has 1 atom stereocenters. The number of nitrogens with zero attached hydrogens (tertiary/aromatic N) is 1. The predicted octanol–water partition coefficient (Wildman–Crippen LogP) is 2.80. The van der Waals surface area contributed by atoms with Crippen molar-refractivity contribution in [1.29, 1.82) is 0 Å². The van der Waals surface area contributed by atoms with Gasteiger partial charge in [0.15, 0.2) is 0 Å². The summed E-state index contributed by atoms with van der Waals surface area (Å²) in [4.78, 5) is 13.9. The molecule has 2 heterocycles. The van der Waals surface area contributed by atoms with Crippen LogP contribution in [0.25, 0.3) is 5.57 Å². The smallest absolute Gasteiger partial charge is 0.317 e. The van der Waals surface area contributed by atoms with Crippen LogP contribution < -0.4 is 5.32 Å². The summed E-state index contributed by atoms with van der Waals surface area (Å²) in [6, 6.07) is 6.47. The molecule has 1 N–H and O–H groups in total. The molecule has 2 aliphatic rings. The SMILES string of the molecule is O=C(NC[C@H]1CCCO1)N1CC=C(c2ccc(F)cc2)CC1. The summed E-state index contributed by atoms with van der Waals surface area (Å²) in [5.41, 5.74) is 2.20. The first kappa shape index (κ1) is 15.0.